The van der Waals surface area contributed by atoms with Gasteiger partial charge < -0.3 is 0 Å². The van der Waals surface area contributed by atoms with Crippen LogP contribution in [0.5, 0.6) is 0 Å². The lowest BCUT2D eigenvalue weighted by molar-refractivity contribution is -0.125. The number of likely N-dealkylation sites (tertiary alicyclic amines) is 1. The number of rotatable bonds is 6. The van der Waals surface area contributed by atoms with Gasteiger partial charge in [-0.1, -0.05) is 68.8 Å². The monoisotopic (exact) mass is 363 g/mol. The van der Waals surface area contributed by atoms with E-state index in [1.165, 1.54) is 22.3 Å². The van der Waals surface area contributed by atoms with Crippen molar-refractivity contribution >= 4 is 5.78 Å². The Labute approximate surface area is 164 Å². The highest BCUT2D eigenvalue weighted by atomic mass is 16.1. The van der Waals surface area contributed by atoms with Crippen molar-refractivity contribution in [3.63, 3.8) is 0 Å². The molecule has 2 atom stereocenters. The maximum absolute atomic E-state index is 13.5. The second-order valence-corrected chi connectivity index (χ2v) is 8.15. The quantitative estimate of drug-likeness (QED) is 0.688. The molecule has 0 aliphatic carbocycles. The Bertz CT molecular complexity index is 762. The van der Waals surface area contributed by atoms with Crippen molar-refractivity contribution in [1.29, 1.82) is 0 Å². The van der Waals surface area contributed by atoms with E-state index in [-0.39, 0.29) is 11.8 Å². The largest absolute Gasteiger partial charge is 0.299 e. The molecule has 2 nitrogen and oxygen atoms in total. The second kappa shape index (κ2) is 8.84. The molecule has 1 heterocycles. The summed E-state index contributed by atoms with van der Waals surface area (Å²) in [5.74, 6) is 0.309. The molecule has 2 aromatic carbocycles. The molecule has 0 aromatic heterocycles. The van der Waals surface area contributed by atoms with E-state index in [9.17, 15) is 4.79 Å². The zero-order chi connectivity index (χ0) is 19.4. The van der Waals surface area contributed by atoms with Crippen molar-refractivity contribution in [1.82, 2.24) is 4.90 Å². The minimum absolute atomic E-state index is 0.0343. The van der Waals surface area contributed by atoms with Crippen molar-refractivity contribution in [2.75, 3.05) is 13.1 Å². The van der Waals surface area contributed by atoms with E-state index < -0.39 is 0 Å². The van der Waals surface area contributed by atoms with Gasteiger partial charge in [-0.25, -0.2) is 0 Å². The Balaban J connectivity index is 1.92. The molecule has 0 spiro atoms. The van der Waals surface area contributed by atoms with E-state index in [0.717, 1.165) is 32.4 Å². The molecule has 27 heavy (non-hydrogen) atoms. The van der Waals surface area contributed by atoms with Crippen molar-refractivity contribution < 1.29 is 4.79 Å². The highest BCUT2D eigenvalue weighted by Gasteiger charge is 2.37. The molecule has 0 N–H and O–H groups in total. The Morgan fingerprint density at radius 1 is 0.926 bits per heavy atom. The summed E-state index contributed by atoms with van der Waals surface area (Å²) in [5.41, 5.74) is 5.01. The minimum Gasteiger partial charge on any atom is -0.299 e. The van der Waals surface area contributed by atoms with E-state index in [0.29, 0.717) is 11.8 Å². The SMILES string of the molecule is CCCc1ccc(C2CN(C(C)C)CC(c3cccc(CC)c3)C2=O)cc1. The number of Topliss-reactive ketones (excluding diaryl/α,β-unsaturated/α-hetero) is 1. The third-order valence-electron chi connectivity index (χ3n) is 5.93. The third-order valence-corrected chi connectivity index (χ3v) is 5.93. The first-order valence-electron chi connectivity index (χ1n) is 10.5. The topological polar surface area (TPSA) is 20.3 Å². The first-order chi connectivity index (χ1) is 13.0. The summed E-state index contributed by atoms with van der Waals surface area (Å²) in [5, 5.41) is 0. The summed E-state index contributed by atoms with van der Waals surface area (Å²) < 4.78 is 0. The zero-order valence-corrected chi connectivity index (χ0v) is 17.2. The highest BCUT2D eigenvalue weighted by molar-refractivity contribution is 5.93. The van der Waals surface area contributed by atoms with E-state index >= 15 is 0 Å². The van der Waals surface area contributed by atoms with Crippen LogP contribution in [-0.4, -0.2) is 29.8 Å². The van der Waals surface area contributed by atoms with Crippen LogP contribution in [0.4, 0.5) is 0 Å². The van der Waals surface area contributed by atoms with Crippen molar-refractivity contribution in [3.8, 4) is 0 Å². The summed E-state index contributed by atoms with van der Waals surface area (Å²) in [6, 6.07) is 17.8. The number of hydrogen-bond acceptors (Lipinski definition) is 2. The molecule has 1 aliphatic rings. The summed E-state index contributed by atoms with van der Waals surface area (Å²) in [6.45, 7) is 10.5. The average molecular weight is 364 g/mol. The number of hydrogen-bond donors (Lipinski definition) is 0. The number of ketones is 1. The fourth-order valence-corrected chi connectivity index (χ4v) is 4.16. The predicted octanol–water partition coefficient (Wildman–Crippen LogP) is 5.36. The molecule has 0 saturated carbocycles. The maximum Gasteiger partial charge on any atom is 0.150 e. The zero-order valence-electron chi connectivity index (χ0n) is 17.2. The Hall–Kier alpha value is -1.93. The van der Waals surface area contributed by atoms with Gasteiger partial charge in [-0.3, -0.25) is 9.69 Å². The van der Waals surface area contributed by atoms with Crippen LogP contribution in [0.1, 0.15) is 68.2 Å². The lowest BCUT2D eigenvalue weighted by atomic mass is 9.79. The highest BCUT2D eigenvalue weighted by Crippen LogP contribution is 2.34. The number of aryl methyl sites for hydroxylation is 2. The minimum atomic E-state index is -0.0351. The number of benzene rings is 2. The van der Waals surface area contributed by atoms with Gasteiger partial charge in [-0.2, -0.15) is 0 Å². The van der Waals surface area contributed by atoms with Crippen molar-refractivity contribution in [2.45, 2.75) is 64.8 Å². The fourth-order valence-electron chi connectivity index (χ4n) is 4.16. The molecule has 2 unspecified atom stereocenters. The summed E-state index contributed by atoms with van der Waals surface area (Å²) >= 11 is 0. The van der Waals surface area contributed by atoms with Crippen LogP contribution < -0.4 is 0 Å². The molecule has 1 fully saturated rings. The maximum atomic E-state index is 13.5. The molecule has 144 valence electrons. The first-order valence-corrected chi connectivity index (χ1v) is 10.5. The first kappa shape index (κ1) is 19.8. The van der Waals surface area contributed by atoms with E-state index in [1.54, 1.807) is 0 Å². The van der Waals surface area contributed by atoms with Crippen LogP contribution in [0.15, 0.2) is 48.5 Å². The molecule has 1 saturated heterocycles. The molecular formula is C25H33NO. The van der Waals surface area contributed by atoms with Crippen LogP contribution in [-0.2, 0) is 17.6 Å². The lowest BCUT2D eigenvalue weighted by Crippen LogP contribution is -2.47. The fraction of sp³-hybridized carbons (Fsp3) is 0.480. The van der Waals surface area contributed by atoms with Gasteiger partial charge in [-0.15, -0.1) is 0 Å². The Morgan fingerprint density at radius 2 is 1.59 bits per heavy atom. The van der Waals surface area contributed by atoms with Gasteiger partial charge in [0, 0.05) is 19.1 Å². The molecule has 2 aromatic rings. The summed E-state index contributed by atoms with van der Waals surface area (Å²) in [7, 11) is 0. The van der Waals surface area contributed by atoms with E-state index in [1.807, 2.05) is 0 Å². The molecular weight excluding hydrogens is 330 g/mol. The van der Waals surface area contributed by atoms with Gasteiger partial charge in [0.1, 0.15) is 5.78 Å². The molecule has 3 rings (SSSR count). The summed E-state index contributed by atoms with van der Waals surface area (Å²) in [4.78, 5) is 15.9. The molecule has 0 radical (unpaired) electrons. The van der Waals surface area contributed by atoms with Crippen LogP contribution in [0.2, 0.25) is 0 Å². The van der Waals surface area contributed by atoms with Crippen molar-refractivity contribution in [2.24, 2.45) is 0 Å². The standard InChI is InChI=1S/C25H33NO/c1-5-8-20-11-13-21(14-12-20)23-16-26(18(3)4)17-24(25(23)27)22-10-7-9-19(6-2)15-22/h7,9-15,18,23-24H,5-6,8,16-17H2,1-4H3. The number of nitrogens with zero attached hydrogens (tertiary/aromatic N) is 1. The summed E-state index contributed by atoms with van der Waals surface area (Å²) in [6.07, 6.45) is 3.26. The number of carbonyl (C=O) groups is 1. The number of piperidine rings is 1. The van der Waals surface area contributed by atoms with Crippen LogP contribution in [0, 0.1) is 0 Å². The average Bonchev–Trinajstić information content (AvgIpc) is 2.69. The Morgan fingerprint density at radius 3 is 2.19 bits per heavy atom. The number of carbonyl (C=O) groups excluding carboxylic acids is 1. The molecule has 2 heteroatoms. The smallest absolute Gasteiger partial charge is 0.150 e. The predicted molar refractivity (Wildman–Crippen MR) is 113 cm³/mol. The van der Waals surface area contributed by atoms with Gasteiger partial charge in [0.25, 0.3) is 0 Å². The van der Waals surface area contributed by atoms with Gasteiger partial charge in [-0.05, 0) is 48.9 Å². The van der Waals surface area contributed by atoms with Gasteiger partial charge in [0.05, 0.1) is 11.8 Å². The molecule has 0 bridgehead atoms. The molecule has 1 aliphatic heterocycles. The van der Waals surface area contributed by atoms with Crippen molar-refractivity contribution in [3.05, 3.63) is 70.8 Å². The van der Waals surface area contributed by atoms with Gasteiger partial charge >= 0.3 is 0 Å². The van der Waals surface area contributed by atoms with Crippen LogP contribution >= 0.6 is 0 Å². The normalized spacial score (nSPS) is 21.0. The van der Waals surface area contributed by atoms with E-state index in [4.69, 9.17) is 0 Å². The third kappa shape index (κ3) is 4.50. The molecule has 0 amide bonds. The Kier molecular flexibility index (Phi) is 6.49. The van der Waals surface area contributed by atoms with Crippen LogP contribution in [0.3, 0.4) is 0 Å². The van der Waals surface area contributed by atoms with Gasteiger partial charge in [0.2, 0.25) is 0 Å². The van der Waals surface area contributed by atoms with E-state index in [2.05, 4.69) is 81.1 Å². The van der Waals surface area contributed by atoms with Crippen LogP contribution in [0.25, 0.3) is 0 Å². The lowest BCUT2D eigenvalue weighted by Gasteiger charge is -2.39. The second-order valence-electron chi connectivity index (χ2n) is 8.15. The van der Waals surface area contributed by atoms with Gasteiger partial charge in [0.15, 0.2) is 0 Å².